The number of fused-ring (bicyclic) bond motifs is 1. The van der Waals surface area contributed by atoms with Crippen LogP contribution in [0.15, 0.2) is 27.4 Å². The van der Waals surface area contributed by atoms with Crippen LogP contribution in [-0.2, 0) is 0 Å². The second-order valence-corrected chi connectivity index (χ2v) is 7.25. The molecule has 0 atom stereocenters. The van der Waals surface area contributed by atoms with Crippen LogP contribution in [0, 0.1) is 5.82 Å². The molecule has 5 heteroatoms. The van der Waals surface area contributed by atoms with Crippen molar-refractivity contribution in [2.24, 2.45) is 0 Å². The molecule has 0 aliphatic carbocycles. The lowest BCUT2D eigenvalue weighted by atomic mass is 10.0. The molecule has 0 saturated heterocycles. The third-order valence-corrected chi connectivity index (χ3v) is 5.03. The van der Waals surface area contributed by atoms with Gasteiger partial charge in [0.1, 0.15) is 22.7 Å². The molecule has 0 fully saturated rings. The van der Waals surface area contributed by atoms with Gasteiger partial charge in [-0.25, -0.2) is 9.18 Å². The first-order valence-electron chi connectivity index (χ1n) is 9.53. The van der Waals surface area contributed by atoms with E-state index in [9.17, 15) is 14.3 Å². The summed E-state index contributed by atoms with van der Waals surface area (Å²) in [7, 11) is 0. The van der Waals surface area contributed by atoms with Crippen molar-refractivity contribution >= 4 is 28.1 Å². The Morgan fingerprint density at radius 1 is 1.08 bits per heavy atom. The van der Waals surface area contributed by atoms with Crippen LogP contribution in [0.2, 0.25) is 0 Å². The molecule has 0 radical (unpaired) electrons. The number of aromatic hydroxyl groups is 1. The maximum absolute atomic E-state index is 13.4. The highest BCUT2D eigenvalue weighted by molar-refractivity contribution is 7.80. The van der Waals surface area contributed by atoms with E-state index in [1.807, 2.05) is 0 Å². The minimum Gasteiger partial charge on any atom is -0.506 e. The lowest BCUT2D eigenvalue weighted by molar-refractivity contribution is 0.465. The van der Waals surface area contributed by atoms with Crippen LogP contribution >= 0.6 is 12.2 Å². The number of hydrogen-bond acceptors (Lipinski definition) is 4. The predicted molar refractivity (Wildman–Crippen MR) is 108 cm³/mol. The lowest BCUT2D eigenvalue weighted by Crippen LogP contribution is -2.13. The lowest BCUT2D eigenvalue weighted by Gasteiger charge is -2.08. The summed E-state index contributed by atoms with van der Waals surface area (Å²) >= 11 is 5.33. The molecule has 0 aliphatic rings. The van der Waals surface area contributed by atoms with E-state index in [1.165, 1.54) is 50.7 Å². The van der Waals surface area contributed by atoms with Crippen molar-refractivity contribution in [3.63, 3.8) is 0 Å². The van der Waals surface area contributed by atoms with Crippen molar-refractivity contribution in [2.75, 3.05) is 0 Å². The van der Waals surface area contributed by atoms with Crippen molar-refractivity contribution in [1.29, 1.82) is 0 Å². The summed E-state index contributed by atoms with van der Waals surface area (Å²) in [5.74, 6) is -0.783. The molecule has 0 spiro atoms. The first-order chi connectivity index (χ1) is 12.5. The number of thiocarbonyl (C=S) groups is 1. The van der Waals surface area contributed by atoms with Gasteiger partial charge in [-0.1, -0.05) is 70.5 Å². The fourth-order valence-corrected chi connectivity index (χ4v) is 3.45. The Morgan fingerprint density at radius 3 is 2.35 bits per heavy atom. The molecule has 142 valence electrons. The van der Waals surface area contributed by atoms with Gasteiger partial charge >= 0.3 is 5.63 Å². The summed E-state index contributed by atoms with van der Waals surface area (Å²) in [6, 6.07) is 3.67. The quantitative estimate of drug-likeness (QED) is 0.216. The molecule has 0 aliphatic heterocycles. The molecule has 2 aromatic rings. The summed E-state index contributed by atoms with van der Waals surface area (Å²) in [6.07, 6.45) is 11.3. The summed E-state index contributed by atoms with van der Waals surface area (Å²) in [5, 5.41) is 10.5. The highest BCUT2D eigenvalue weighted by Crippen LogP contribution is 2.28. The largest absolute Gasteiger partial charge is 0.506 e. The molecular weight excluding hydrogens is 351 g/mol. The van der Waals surface area contributed by atoms with Crippen LogP contribution in [0.1, 0.15) is 76.7 Å². The van der Waals surface area contributed by atoms with Crippen molar-refractivity contribution in [2.45, 2.75) is 71.1 Å². The van der Waals surface area contributed by atoms with E-state index >= 15 is 0 Å². The first kappa shape index (κ1) is 20.6. The Labute approximate surface area is 159 Å². The zero-order valence-corrected chi connectivity index (χ0v) is 16.2. The summed E-state index contributed by atoms with van der Waals surface area (Å²) in [5.41, 5.74) is -0.510. The number of unbranched alkanes of at least 4 members (excludes halogenated alkanes) is 8. The smallest absolute Gasteiger partial charge is 0.348 e. The average Bonchev–Trinajstić information content (AvgIpc) is 2.61. The Hall–Kier alpha value is -1.75. The third kappa shape index (κ3) is 5.63. The maximum Gasteiger partial charge on any atom is 0.348 e. The van der Waals surface area contributed by atoms with E-state index in [2.05, 4.69) is 6.92 Å². The Bertz CT molecular complexity index is 798. The molecule has 0 unspecified atom stereocenters. The highest BCUT2D eigenvalue weighted by atomic mass is 32.1. The number of halogens is 1. The maximum atomic E-state index is 13.4. The van der Waals surface area contributed by atoms with Gasteiger partial charge in [0.05, 0.1) is 5.39 Å². The SMILES string of the molecule is CCCCCCCCCCCC(=S)c1c(O)c2cc(F)ccc2oc1=O. The normalized spacial score (nSPS) is 11.2. The van der Waals surface area contributed by atoms with Gasteiger partial charge in [0, 0.05) is 4.86 Å². The van der Waals surface area contributed by atoms with E-state index in [1.54, 1.807) is 0 Å². The Morgan fingerprint density at radius 2 is 1.69 bits per heavy atom. The average molecular weight is 379 g/mol. The standard InChI is InChI=1S/C21H27FO3S/c1-2-3-4-5-6-7-8-9-10-11-18(26)19-20(23)16-14-15(22)12-13-17(16)25-21(19)24/h12-14,23H,2-11H2,1H3. The molecule has 0 saturated carbocycles. The molecule has 1 heterocycles. The van der Waals surface area contributed by atoms with Gasteiger partial charge < -0.3 is 9.52 Å². The monoisotopic (exact) mass is 378 g/mol. The van der Waals surface area contributed by atoms with Gasteiger partial charge in [0.25, 0.3) is 0 Å². The minimum absolute atomic E-state index is 0.00216. The highest BCUT2D eigenvalue weighted by Gasteiger charge is 2.18. The molecule has 26 heavy (non-hydrogen) atoms. The molecule has 1 aromatic carbocycles. The van der Waals surface area contributed by atoms with Crippen LogP contribution < -0.4 is 5.63 Å². The van der Waals surface area contributed by atoms with Crippen molar-refractivity contribution in [1.82, 2.24) is 0 Å². The van der Waals surface area contributed by atoms with Crippen LogP contribution in [0.3, 0.4) is 0 Å². The zero-order valence-electron chi connectivity index (χ0n) is 15.4. The van der Waals surface area contributed by atoms with Crippen LogP contribution in [0.5, 0.6) is 5.75 Å². The summed E-state index contributed by atoms with van der Waals surface area (Å²) in [4.78, 5) is 12.5. The second-order valence-electron chi connectivity index (χ2n) is 6.76. The van der Waals surface area contributed by atoms with Crippen LogP contribution in [-0.4, -0.2) is 9.97 Å². The van der Waals surface area contributed by atoms with Gasteiger partial charge in [-0.15, -0.1) is 0 Å². The minimum atomic E-state index is -0.664. The molecule has 3 nitrogen and oxygen atoms in total. The Kier molecular flexibility index (Phi) is 8.23. The molecule has 2 rings (SSSR count). The zero-order chi connectivity index (χ0) is 18.9. The van der Waals surface area contributed by atoms with Crippen LogP contribution in [0.25, 0.3) is 11.0 Å². The summed E-state index contributed by atoms with van der Waals surface area (Å²) in [6.45, 7) is 2.22. The second kappa shape index (κ2) is 10.4. The predicted octanol–water partition coefficient (Wildman–Crippen LogP) is 6.28. The van der Waals surface area contributed by atoms with Crippen LogP contribution in [0.4, 0.5) is 4.39 Å². The van der Waals surface area contributed by atoms with Crippen molar-refractivity contribution in [3.8, 4) is 5.75 Å². The summed E-state index contributed by atoms with van der Waals surface area (Å²) < 4.78 is 18.6. The van der Waals surface area contributed by atoms with Gasteiger partial charge in [-0.3, -0.25) is 0 Å². The number of hydrogen-bond donors (Lipinski definition) is 1. The Balaban J connectivity index is 1.87. The first-order valence-corrected chi connectivity index (χ1v) is 9.94. The molecule has 0 amide bonds. The fraction of sp³-hybridized carbons (Fsp3) is 0.524. The van der Waals surface area contributed by atoms with E-state index in [-0.39, 0.29) is 22.3 Å². The number of benzene rings is 1. The molecular formula is C21H27FO3S. The van der Waals surface area contributed by atoms with E-state index < -0.39 is 11.4 Å². The topological polar surface area (TPSA) is 50.4 Å². The van der Waals surface area contributed by atoms with E-state index in [0.29, 0.717) is 11.3 Å². The van der Waals surface area contributed by atoms with Gasteiger partial charge in [0.2, 0.25) is 0 Å². The molecule has 0 bridgehead atoms. The van der Waals surface area contributed by atoms with E-state index in [4.69, 9.17) is 16.6 Å². The van der Waals surface area contributed by atoms with Crippen molar-refractivity contribution < 1.29 is 13.9 Å². The van der Waals surface area contributed by atoms with E-state index in [0.717, 1.165) is 25.3 Å². The third-order valence-electron chi connectivity index (χ3n) is 4.63. The van der Waals surface area contributed by atoms with Gasteiger partial charge in [-0.05, 0) is 31.0 Å². The van der Waals surface area contributed by atoms with Gasteiger partial charge in [-0.2, -0.15) is 0 Å². The van der Waals surface area contributed by atoms with Crippen molar-refractivity contribution in [3.05, 3.63) is 40.0 Å². The fourth-order valence-electron chi connectivity index (χ4n) is 3.13. The molecule has 1 aromatic heterocycles. The number of rotatable bonds is 11. The van der Waals surface area contributed by atoms with Gasteiger partial charge in [0.15, 0.2) is 0 Å². The molecule has 1 N–H and O–H groups in total.